The third kappa shape index (κ3) is 3.19. The van der Waals surface area contributed by atoms with E-state index < -0.39 is 0 Å². The summed E-state index contributed by atoms with van der Waals surface area (Å²) in [6.07, 6.45) is 0. The monoisotopic (exact) mass is 284 g/mol. The lowest BCUT2D eigenvalue weighted by Gasteiger charge is -2.28. The molecule has 3 heteroatoms. The number of nitrogens with two attached hydrogens (primary N) is 1. The van der Waals surface area contributed by atoms with E-state index in [-0.39, 0.29) is 6.04 Å². The number of hydrogen-bond donors (Lipinski definition) is 1. The van der Waals surface area contributed by atoms with Crippen LogP contribution >= 0.6 is 0 Å². The first kappa shape index (κ1) is 15.4. The van der Waals surface area contributed by atoms with Crippen LogP contribution in [-0.4, -0.2) is 13.7 Å². The van der Waals surface area contributed by atoms with E-state index in [0.717, 1.165) is 23.5 Å². The molecule has 0 aliphatic heterocycles. The first-order valence-corrected chi connectivity index (χ1v) is 7.35. The maximum atomic E-state index is 6.18. The maximum Gasteiger partial charge on any atom is 0.125 e. The van der Waals surface area contributed by atoms with Gasteiger partial charge in [0.15, 0.2) is 0 Å². The average Bonchev–Trinajstić information content (AvgIpc) is 2.49. The molecular formula is C18H24N2O. The van der Waals surface area contributed by atoms with Gasteiger partial charge in [0.2, 0.25) is 0 Å². The highest BCUT2D eigenvalue weighted by atomic mass is 16.5. The minimum absolute atomic E-state index is 0.0874. The molecule has 0 unspecified atom stereocenters. The molecule has 0 amide bonds. The fraction of sp³-hybridized carbons (Fsp3) is 0.333. The van der Waals surface area contributed by atoms with Crippen LogP contribution in [0.2, 0.25) is 0 Å². The number of aryl methyl sites for hydroxylation is 1. The van der Waals surface area contributed by atoms with Crippen molar-refractivity contribution < 1.29 is 4.74 Å². The van der Waals surface area contributed by atoms with E-state index in [4.69, 9.17) is 10.5 Å². The van der Waals surface area contributed by atoms with Crippen LogP contribution in [0, 0.1) is 6.92 Å². The first-order chi connectivity index (χ1) is 10.1. The molecule has 2 aromatic carbocycles. The smallest absolute Gasteiger partial charge is 0.125 e. The molecule has 0 fully saturated rings. The number of nitrogens with zero attached hydrogens (tertiary/aromatic N) is 1. The summed E-state index contributed by atoms with van der Waals surface area (Å²) < 4.78 is 5.49. The lowest BCUT2D eigenvalue weighted by atomic mass is 10.0. The molecule has 0 aliphatic rings. The highest BCUT2D eigenvalue weighted by Gasteiger charge is 2.18. The number of methoxy groups -OCH3 is 1. The number of rotatable bonds is 5. The summed E-state index contributed by atoms with van der Waals surface area (Å²) in [7, 11) is 1.69. The van der Waals surface area contributed by atoms with Gasteiger partial charge in [-0.1, -0.05) is 23.8 Å². The molecule has 0 aromatic heterocycles. The van der Waals surface area contributed by atoms with Crippen molar-refractivity contribution >= 4 is 11.4 Å². The summed E-state index contributed by atoms with van der Waals surface area (Å²) in [5.41, 5.74) is 10.8. The van der Waals surface area contributed by atoms with Gasteiger partial charge in [0, 0.05) is 29.5 Å². The number of benzene rings is 2. The number of anilines is 2. The van der Waals surface area contributed by atoms with Crippen molar-refractivity contribution in [1.29, 1.82) is 0 Å². The quantitative estimate of drug-likeness (QED) is 0.895. The molecule has 3 nitrogen and oxygen atoms in total. The van der Waals surface area contributed by atoms with Crippen LogP contribution in [0.1, 0.15) is 31.0 Å². The zero-order valence-corrected chi connectivity index (χ0v) is 13.3. The highest BCUT2D eigenvalue weighted by Crippen LogP contribution is 2.37. The van der Waals surface area contributed by atoms with Gasteiger partial charge < -0.3 is 15.4 Å². The van der Waals surface area contributed by atoms with Crippen molar-refractivity contribution in [3.05, 3.63) is 53.6 Å². The molecule has 1 atom stereocenters. The topological polar surface area (TPSA) is 38.5 Å². The predicted molar refractivity (Wildman–Crippen MR) is 89.5 cm³/mol. The van der Waals surface area contributed by atoms with Gasteiger partial charge in [-0.25, -0.2) is 0 Å². The largest absolute Gasteiger partial charge is 0.496 e. The third-order valence-electron chi connectivity index (χ3n) is 3.67. The van der Waals surface area contributed by atoms with Gasteiger partial charge in [0.25, 0.3) is 0 Å². The number of ether oxygens (including phenoxy) is 1. The predicted octanol–water partition coefficient (Wildman–Crippen LogP) is 4.18. The van der Waals surface area contributed by atoms with Crippen molar-refractivity contribution in [2.75, 3.05) is 18.6 Å². The molecule has 0 aliphatic carbocycles. The molecular weight excluding hydrogens is 260 g/mol. The van der Waals surface area contributed by atoms with E-state index in [1.807, 2.05) is 19.1 Å². The first-order valence-electron chi connectivity index (χ1n) is 7.35. The van der Waals surface area contributed by atoms with Crippen LogP contribution in [0.3, 0.4) is 0 Å². The van der Waals surface area contributed by atoms with Crippen molar-refractivity contribution in [3.8, 4) is 5.75 Å². The standard InChI is InChI=1S/C18H24N2O/c1-5-20(15-11-9-13(2)10-12-15)16-7-6-8-17(21-4)18(16)14(3)19/h6-12,14H,5,19H2,1-4H3/t14-/m0/s1. The Morgan fingerprint density at radius 1 is 1.14 bits per heavy atom. The molecule has 0 bridgehead atoms. The fourth-order valence-electron chi connectivity index (χ4n) is 2.62. The fourth-order valence-corrected chi connectivity index (χ4v) is 2.62. The highest BCUT2D eigenvalue weighted by molar-refractivity contribution is 5.70. The normalized spacial score (nSPS) is 12.0. The van der Waals surface area contributed by atoms with Crippen LogP contribution in [0.25, 0.3) is 0 Å². The molecule has 2 aromatic rings. The molecule has 0 saturated carbocycles. The Bertz CT molecular complexity index is 591. The molecule has 0 spiro atoms. The number of hydrogen-bond acceptors (Lipinski definition) is 3. The molecule has 0 radical (unpaired) electrons. The van der Waals surface area contributed by atoms with Crippen molar-refractivity contribution in [2.45, 2.75) is 26.8 Å². The van der Waals surface area contributed by atoms with Gasteiger partial charge in [-0.05, 0) is 45.0 Å². The van der Waals surface area contributed by atoms with Crippen molar-refractivity contribution in [2.24, 2.45) is 5.73 Å². The zero-order chi connectivity index (χ0) is 15.4. The summed E-state index contributed by atoms with van der Waals surface area (Å²) in [5, 5.41) is 0. The second kappa shape index (κ2) is 6.64. The molecule has 0 saturated heterocycles. The van der Waals surface area contributed by atoms with Gasteiger partial charge in [0.1, 0.15) is 5.75 Å². The molecule has 112 valence electrons. The van der Waals surface area contributed by atoms with Gasteiger partial charge in [0.05, 0.1) is 7.11 Å². The van der Waals surface area contributed by atoms with Crippen molar-refractivity contribution in [1.82, 2.24) is 0 Å². The minimum Gasteiger partial charge on any atom is -0.496 e. The zero-order valence-electron chi connectivity index (χ0n) is 13.3. The third-order valence-corrected chi connectivity index (χ3v) is 3.67. The Morgan fingerprint density at radius 2 is 1.81 bits per heavy atom. The molecule has 0 heterocycles. The van der Waals surface area contributed by atoms with E-state index >= 15 is 0 Å². The molecule has 21 heavy (non-hydrogen) atoms. The lowest BCUT2D eigenvalue weighted by Crippen LogP contribution is -2.20. The van der Waals surface area contributed by atoms with E-state index in [1.54, 1.807) is 7.11 Å². The van der Waals surface area contributed by atoms with E-state index in [1.165, 1.54) is 11.3 Å². The van der Waals surface area contributed by atoms with Gasteiger partial charge in [-0.15, -0.1) is 0 Å². The van der Waals surface area contributed by atoms with Crippen LogP contribution in [-0.2, 0) is 0 Å². The Balaban J connectivity index is 2.54. The van der Waals surface area contributed by atoms with Crippen LogP contribution < -0.4 is 15.4 Å². The lowest BCUT2D eigenvalue weighted by molar-refractivity contribution is 0.407. The van der Waals surface area contributed by atoms with E-state index in [0.29, 0.717) is 0 Å². The second-order valence-corrected chi connectivity index (χ2v) is 5.26. The Kier molecular flexibility index (Phi) is 4.86. The SMILES string of the molecule is CCN(c1ccc(C)cc1)c1cccc(OC)c1[C@H](C)N. The Hall–Kier alpha value is -2.00. The summed E-state index contributed by atoms with van der Waals surface area (Å²) >= 11 is 0. The van der Waals surface area contributed by atoms with Crippen LogP contribution in [0.15, 0.2) is 42.5 Å². The van der Waals surface area contributed by atoms with Gasteiger partial charge >= 0.3 is 0 Å². The van der Waals surface area contributed by atoms with Gasteiger partial charge in [-0.2, -0.15) is 0 Å². The van der Waals surface area contributed by atoms with Gasteiger partial charge in [-0.3, -0.25) is 0 Å². The summed E-state index contributed by atoms with van der Waals surface area (Å²) in [6.45, 7) is 7.10. The van der Waals surface area contributed by atoms with E-state index in [9.17, 15) is 0 Å². The van der Waals surface area contributed by atoms with Crippen LogP contribution in [0.5, 0.6) is 5.75 Å². The summed E-state index contributed by atoms with van der Waals surface area (Å²) in [6, 6.07) is 14.5. The minimum atomic E-state index is -0.0874. The van der Waals surface area contributed by atoms with Crippen LogP contribution in [0.4, 0.5) is 11.4 Å². The second-order valence-electron chi connectivity index (χ2n) is 5.26. The summed E-state index contributed by atoms with van der Waals surface area (Å²) in [4.78, 5) is 2.26. The Labute approximate surface area is 127 Å². The molecule has 2 rings (SSSR count). The van der Waals surface area contributed by atoms with Crippen molar-refractivity contribution in [3.63, 3.8) is 0 Å². The van der Waals surface area contributed by atoms with E-state index in [2.05, 4.69) is 49.1 Å². The summed E-state index contributed by atoms with van der Waals surface area (Å²) in [5.74, 6) is 0.841. The maximum absolute atomic E-state index is 6.18. The Morgan fingerprint density at radius 3 is 2.33 bits per heavy atom. The average molecular weight is 284 g/mol. The molecule has 2 N–H and O–H groups in total.